The minimum Gasteiger partial charge on any atom is -0.505 e. The highest BCUT2D eigenvalue weighted by molar-refractivity contribution is 5.64. The second-order valence-corrected chi connectivity index (χ2v) is 6.99. The summed E-state index contributed by atoms with van der Waals surface area (Å²) >= 11 is 0. The fraction of sp³-hybridized carbons (Fsp3) is 0.200. The molecule has 2 nitrogen and oxygen atoms in total. The van der Waals surface area contributed by atoms with E-state index in [-0.39, 0.29) is 11.3 Å². The Bertz CT molecular complexity index is 1010. The average Bonchev–Trinajstić information content (AvgIpc) is 2.76. The molecule has 1 N–H and O–H groups in total. The normalized spacial score (nSPS) is 10.8. The summed E-state index contributed by atoms with van der Waals surface area (Å²) < 4.78 is 47.1. The van der Waals surface area contributed by atoms with Gasteiger partial charge in [-0.3, -0.25) is 0 Å². The van der Waals surface area contributed by atoms with Crippen LogP contribution in [-0.4, -0.2) is 11.7 Å². The molecule has 0 spiro atoms. The number of hydrogen-bond acceptors (Lipinski definition) is 2. The third-order valence-corrected chi connectivity index (χ3v) is 4.85. The summed E-state index contributed by atoms with van der Waals surface area (Å²) in [5.74, 6) is -3.13. The zero-order chi connectivity index (χ0) is 21.5. The van der Waals surface area contributed by atoms with Crippen molar-refractivity contribution in [1.82, 2.24) is 0 Å². The zero-order valence-corrected chi connectivity index (χ0v) is 16.5. The van der Waals surface area contributed by atoms with Gasteiger partial charge in [-0.25, -0.2) is 8.78 Å². The van der Waals surface area contributed by atoms with Gasteiger partial charge in [-0.15, -0.1) is 6.58 Å². The van der Waals surface area contributed by atoms with Gasteiger partial charge in [0.05, 0.1) is 6.61 Å². The largest absolute Gasteiger partial charge is 0.505 e. The molecule has 3 aromatic rings. The van der Waals surface area contributed by atoms with Crippen molar-refractivity contribution in [2.45, 2.75) is 25.7 Å². The lowest BCUT2D eigenvalue weighted by atomic mass is 10.00. The number of benzene rings is 3. The molecule has 0 aromatic heterocycles. The molecular weight excluding hydrogens is 389 g/mol. The summed E-state index contributed by atoms with van der Waals surface area (Å²) in [4.78, 5) is 0. The van der Waals surface area contributed by atoms with E-state index in [0.29, 0.717) is 19.4 Å². The summed E-state index contributed by atoms with van der Waals surface area (Å²) in [5.41, 5.74) is 2.72. The minimum atomic E-state index is -1.22. The molecule has 0 aliphatic heterocycles. The van der Waals surface area contributed by atoms with E-state index in [0.717, 1.165) is 35.6 Å². The summed E-state index contributed by atoms with van der Waals surface area (Å²) in [6, 6.07) is 14.9. The number of unbranched alkanes of at least 4 members (excludes halogenated alkanes) is 1. The fourth-order valence-electron chi connectivity index (χ4n) is 3.12. The number of ether oxygens (including phenoxy) is 1. The fourth-order valence-corrected chi connectivity index (χ4v) is 3.12. The van der Waals surface area contributed by atoms with Gasteiger partial charge in [-0.1, -0.05) is 42.5 Å². The highest BCUT2D eigenvalue weighted by Gasteiger charge is 2.12. The van der Waals surface area contributed by atoms with Gasteiger partial charge < -0.3 is 9.84 Å². The van der Waals surface area contributed by atoms with Crippen molar-refractivity contribution in [3.8, 4) is 22.6 Å². The summed E-state index contributed by atoms with van der Waals surface area (Å²) in [7, 11) is 0. The Labute approximate surface area is 174 Å². The maximum Gasteiger partial charge on any atom is 0.200 e. The molecule has 0 saturated carbocycles. The number of aromatic hydroxyl groups is 1. The van der Waals surface area contributed by atoms with E-state index in [1.165, 1.54) is 12.1 Å². The maximum atomic E-state index is 14.3. The second-order valence-electron chi connectivity index (χ2n) is 6.99. The van der Waals surface area contributed by atoms with Crippen molar-refractivity contribution < 1.29 is 23.0 Å². The van der Waals surface area contributed by atoms with Crippen molar-refractivity contribution in [1.29, 1.82) is 0 Å². The molecular formula is C25H23F3O2. The SMILES string of the molecule is C=CCCCOc1ccc(-c2ccc(CCc3ccc(O)c(F)c3F)cc2)cc1F. The number of phenolic OH excluding ortho intramolecular Hbond substituents is 1. The van der Waals surface area contributed by atoms with Crippen molar-refractivity contribution in [3.63, 3.8) is 0 Å². The van der Waals surface area contributed by atoms with Gasteiger partial charge in [-0.05, 0) is 66.1 Å². The third kappa shape index (κ3) is 5.23. The van der Waals surface area contributed by atoms with Crippen molar-refractivity contribution in [3.05, 3.63) is 95.8 Å². The van der Waals surface area contributed by atoms with Gasteiger partial charge in [0, 0.05) is 0 Å². The van der Waals surface area contributed by atoms with Crippen LogP contribution in [0.25, 0.3) is 11.1 Å². The second kappa shape index (κ2) is 10.0. The highest BCUT2D eigenvalue weighted by Crippen LogP contribution is 2.27. The molecule has 0 fully saturated rings. The number of halogens is 3. The van der Waals surface area contributed by atoms with Crippen LogP contribution in [0.1, 0.15) is 24.0 Å². The molecule has 30 heavy (non-hydrogen) atoms. The first-order valence-electron chi connectivity index (χ1n) is 9.78. The topological polar surface area (TPSA) is 29.5 Å². The lowest BCUT2D eigenvalue weighted by Crippen LogP contribution is -1.99. The predicted octanol–water partition coefficient (Wildman–Crippen LogP) is 6.61. The van der Waals surface area contributed by atoms with Crippen LogP contribution in [0, 0.1) is 17.5 Å². The Hall–Kier alpha value is -3.21. The molecule has 3 aromatic carbocycles. The first kappa shape index (κ1) is 21.5. The Kier molecular flexibility index (Phi) is 7.17. The van der Waals surface area contributed by atoms with E-state index < -0.39 is 23.2 Å². The molecule has 3 rings (SSSR count). The Morgan fingerprint density at radius 2 is 1.60 bits per heavy atom. The highest BCUT2D eigenvalue weighted by atomic mass is 19.2. The number of phenols is 1. The first-order chi connectivity index (χ1) is 14.5. The van der Waals surface area contributed by atoms with Crippen LogP contribution in [0.2, 0.25) is 0 Å². The van der Waals surface area contributed by atoms with E-state index in [4.69, 9.17) is 4.74 Å². The van der Waals surface area contributed by atoms with E-state index in [9.17, 15) is 18.3 Å². The zero-order valence-electron chi connectivity index (χ0n) is 16.5. The average molecular weight is 412 g/mol. The van der Waals surface area contributed by atoms with E-state index >= 15 is 0 Å². The molecule has 5 heteroatoms. The quantitative estimate of drug-likeness (QED) is 0.317. The third-order valence-electron chi connectivity index (χ3n) is 4.85. The van der Waals surface area contributed by atoms with Crippen molar-refractivity contribution >= 4 is 0 Å². The van der Waals surface area contributed by atoms with Crippen LogP contribution in [-0.2, 0) is 12.8 Å². The van der Waals surface area contributed by atoms with Crippen molar-refractivity contribution in [2.24, 2.45) is 0 Å². The van der Waals surface area contributed by atoms with Crippen LogP contribution in [0.4, 0.5) is 13.2 Å². The summed E-state index contributed by atoms with van der Waals surface area (Å²) in [5, 5.41) is 9.20. The molecule has 0 saturated heterocycles. The van der Waals surface area contributed by atoms with Gasteiger partial charge in [0.25, 0.3) is 0 Å². The Morgan fingerprint density at radius 1 is 0.867 bits per heavy atom. The van der Waals surface area contributed by atoms with E-state index in [1.54, 1.807) is 18.2 Å². The number of aryl methyl sites for hydroxylation is 2. The van der Waals surface area contributed by atoms with Crippen LogP contribution >= 0.6 is 0 Å². The number of allylic oxidation sites excluding steroid dienone is 1. The predicted molar refractivity (Wildman–Crippen MR) is 112 cm³/mol. The Morgan fingerprint density at radius 3 is 2.30 bits per heavy atom. The number of rotatable bonds is 9. The van der Waals surface area contributed by atoms with Crippen LogP contribution in [0.5, 0.6) is 11.5 Å². The molecule has 0 radical (unpaired) electrons. The monoisotopic (exact) mass is 412 g/mol. The molecule has 0 aliphatic carbocycles. The summed E-state index contributed by atoms with van der Waals surface area (Å²) in [6.45, 7) is 4.07. The molecule has 0 atom stereocenters. The van der Waals surface area contributed by atoms with Gasteiger partial charge >= 0.3 is 0 Å². The van der Waals surface area contributed by atoms with E-state index in [1.807, 2.05) is 24.3 Å². The first-order valence-corrected chi connectivity index (χ1v) is 9.78. The molecule has 0 heterocycles. The van der Waals surface area contributed by atoms with Crippen LogP contribution in [0.15, 0.2) is 67.3 Å². The van der Waals surface area contributed by atoms with Gasteiger partial charge in [0.1, 0.15) is 0 Å². The summed E-state index contributed by atoms with van der Waals surface area (Å²) in [6.07, 6.45) is 4.21. The standard InChI is InChI=1S/C25H23F3O2/c1-2-3-4-15-30-23-14-12-20(16-21(23)26)18-8-5-17(6-9-18)7-10-19-11-13-22(29)25(28)24(19)27/h2,5-6,8-9,11-14,16,29H,1,3-4,7,10,15H2. The van der Waals surface area contributed by atoms with Gasteiger partial charge in [0.2, 0.25) is 5.82 Å². The van der Waals surface area contributed by atoms with Gasteiger partial charge in [-0.2, -0.15) is 4.39 Å². The molecule has 156 valence electrons. The molecule has 0 amide bonds. The van der Waals surface area contributed by atoms with Gasteiger partial charge in [0.15, 0.2) is 23.1 Å². The van der Waals surface area contributed by atoms with Crippen molar-refractivity contribution in [2.75, 3.05) is 6.61 Å². The molecule has 0 unspecified atom stereocenters. The molecule has 0 aliphatic rings. The lowest BCUT2D eigenvalue weighted by Gasteiger charge is -2.09. The number of hydrogen-bond donors (Lipinski definition) is 1. The van der Waals surface area contributed by atoms with E-state index in [2.05, 4.69) is 6.58 Å². The maximum absolute atomic E-state index is 14.3. The van der Waals surface area contributed by atoms with Crippen LogP contribution < -0.4 is 4.74 Å². The van der Waals surface area contributed by atoms with Crippen LogP contribution in [0.3, 0.4) is 0 Å². The Balaban J connectivity index is 1.63. The lowest BCUT2D eigenvalue weighted by molar-refractivity contribution is 0.297. The minimum absolute atomic E-state index is 0.208. The smallest absolute Gasteiger partial charge is 0.200 e. The molecule has 0 bridgehead atoms.